The minimum atomic E-state index is -0.0236. The van der Waals surface area contributed by atoms with Crippen molar-refractivity contribution in [2.24, 2.45) is 0 Å². The summed E-state index contributed by atoms with van der Waals surface area (Å²) in [7, 11) is 1.57. The second-order valence-corrected chi connectivity index (χ2v) is 5.19. The van der Waals surface area contributed by atoms with Crippen molar-refractivity contribution in [3.63, 3.8) is 0 Å². The summed E-state index contributed by atoms with van der Waals surface area (Å²) in [5.74, 6) is 0.589. The Morgan fingerprint density at radius 2 is 2.20 bits per heavy atom. The lowest BCUT2D eigenvalue weighted by molar-refractivity contribution is -0.907. The molecular weight excluding hydrogens is 280 g/mol. The Labute approximate surface area is 123 Å². The van der Waals surface area contributed by atoms with E-state index >= 15 is 0 Å². The lowest BCUT2D eigenvalue weighted by Gasteiger charge is -2.23. The molecule has 1 heterocycles. The predicted octanol–water partition coefficient (Wildman–Crippen LogP) is 0.592. The molecule has 0 atom stereocenters. The van der Waals surface area contributed by atoms with E-state index in [9.17, 15) is 4.79 Å². The van der Waals surface area contributed by atoms with Crippen molar-refractivity contribution >= 4 is 23.2 Å². The number of quaternary nitrogens is 1. The Bertz CT molecular complexity index is 462. The van der Waals surface area contributed by atoms with Gasteiger partial charge in [-0.1, -0.05) is 11.6 Å². The molecule has 1 aromatic rings. The summed E-state index contributed by atoms with van der Waals surface area (Å²) >= 11 is 5.93. The highest BCUT2D eigenvalue weighted by atomic mass is 35.5. The predicted molar refractivity (Wildman–Crippen MR) is 77.6 cm³/mol. The van der Waals surface area contributed by atoms with Crippen LogP contribution in [0.25, 0.3) is 0 Å². The average Bonchev–Trinajstić information content (AvgIpc) is 2.46. The van der Waals surface area contributed by atoms with Crippen LogP contribution in [0.1, 0.15) is 6.42 Å². The molecule has 0 unspecified atom stereocenters. The molecule has 0 aromatic heterocycles. The molecule has 1 amide bonds. The molecule has 2 rings (SSSR count). The molecule has 0 bridgehead atoms. The van der Waals surface area contributed by atoms with Crippen molar-refractivity contribution in [3.05, 3.63) is 23.2 Å². The first-order valence-electron chi connectivity index (χ1n) is 6.74. The number of amides is 1. The summed E-state index contributed by atoms with van der Waals surface area (Å²) in [6, 6.07) is 5.17. The minimum Gasteiger partial charge on any atom is -0.495 e. The minimum absolute atomic E-state index is 0.0236. The first kappa shape index (κ1) is 15.1. The number of carbonyl (C=O) groups is 1. The van der Waals surface area contributed by atoms with E-state index in [1.54, 1.807) is 25.3 Å². The van der Waals surface area contributed by atoms with Gasteiger partial charge in [0.1, 0.15) is 18.8 Å². The molecule has 2 N–H and O–H groups in total. The highest BCUT2D eigenvalue weighted by Crippen LogP contribution is 2.27. The summed E-state index contributed by atoms with van der Waals surface area (Å²) in [5, 5.41) is 3.42. The highest BCUT2D eigenvalue weighted by Gasteiger charge is 2.16. The van der Waals surface area contributed by atoms with Crippen molar-refractivity contribution in [1.29, 1.82) is 0 Å². The van der Waals surface area contributed by atoms with Crippen LogP contribution in [0.5, 0.6) is 5.75 Å². The van der Waals surface area contributed by atoms with Crippen LogP contribution in [0.15, 0.2) is 18.2 Å². The van der Waals surface area contributed by atoms with Crippen LogP contribution in [0.2, 0.25) is 5.02 Å². The Morgan fingerprint density at radius 3 is 2.90 bits per heavy atom. The van der Waals surface area contributed by atoms with E-state index in [2.05, 4.69) is 5.32 Å². The van der Waals surface area contributed by atoms with Crippen molar-refractivity contribution < 1.29 is 19.2 Å². The lowest BCUT2D eigenvalue weighted by Crippen LogP contribution is -3.14. The molecule has 1 aliphatic heterocycles. The lowest BCUT2D eigenvalue weighted by atomic mass is 10.2. The molecule has 1 saturated heterocycles. The number of carbonyl (C=O) groups excluding carboxylic acids is 1. The molecule has 0 saturated carbocycles. The zero-order valence-electron chi connectivity index (χ0n) is 11.6. The Morgan fingerprint density at radius 1 is 1.45 bits per heavy atom. The third-order valence-electron chi connectivity index (χ3n) is 3.34. The van der Waals surface area contributed by atoms with Gasteiger partial charge in [0.25, 0.3) is 0 Å². The summed E-state index contributed by atoms with van der Waals surface area (Å²) < 4.78 is 10.5. The molecule has 20 heavy (non-hydrogen) atoms. The van der Waals surface area contributed by atoms with E-state index in [1.165, 1.54) is 4.90 Å². The number of rotatable bonds is 5. The van der Waals surface area contributed by atoms with E-state index in [-0.39, 0.29) is 5.91 Å². The number of morpholine rings is 1. The van der Waals surface area contributed by atoms with Gasteiger partial charge < -0.3 is 19.7 Å². The molecule has 6 heteroatoms. The van der Waals surface area contributed by atoms with Gasteiger partial charge in [-0.25, -0.2) is 0 Å². The third kappa shape index (κ3) is 4.37. The average molecular weight is 300 g/mol. The molecule has 0 spiro atoms. The number of hydrogen-bond donors (Lipinski definition) is 2. The first-order valence-corrected chi connectivity index (χ1v) is 7.11. The number of methoxy groups -OCH3 is 1. The molecule has 0 radical (unpaired) electrons. The van der Waals surface area contributed by atoms with Gasteiger partial charge in [0.2, 0.25) is 5.91 Å². The maximum absolute atomic E-state index is 12.0. The topological polar surface area (TPSA) is 52.0 Å². The van der Waals surface area contributed by atoms with Crippen molar-refractivity contribution in [2.45, 2.75) is 6.42 Å². The van der Waals surface area contributed by atoms with E-state index in [0.29, 0.717) is 22.9 Å². The van der Waals surface area contributed by atoms with Gasteiger partial charge in [0.15, 0.2) is 0 Å². The van der Waals surface area contributed by atoms with Crippen molar-refractivity contribution in [1.82, 2.24) is 0 Å². The van der Waals surface area contributed by atoms with Gasteiger partial charge in [-0.05, 0) is 18.2 Å². The smallest absolute Gasteiger partial charge is 0.230 e. The molecule has 110 valence electrons. The fourth-order valence-corrected chi connectivity index (χ4v) is 2.36. The van der Waals surface area contributed by atoms with Crippen LogP contribution in [-0.2, 0) is 9.53 Å². The zero-order valence-corrected chi connectivity index (χ0v) is 12.3. The van der Waals surface area contributed by atoms with E-state index in [4.69, 9.17) is 21.1 Å². The molecule has 0 aliphatic carbocycles. The number of ether oxygens (including phenoxy) is 2. The fourth-order valence-electron chi connectivity index (χ4n) is 2.19. The van der Waals surface area contributed by atoms with Crippen LogP contribution in [-0.4, -0.2) is 45.9 Å². The van der Waals surface area contributed by atoms with Gasteiger partial charge in [-0.3, -0.25) is 4.79 Å². The molecular formula is C14H20ClN2O3+. The largest absolute Gasteiger partial charge is 0.495 e. The quantitative estimate of drug-likeness (QED) is 0.837. The normalized spacial score (nSPS) is 15.9. The summed E-state index contributed by atoms with van der Waals surface area (Å²) in [6.45, 7) is 4.30. The molecule has 5 nitrogen and oxygen atoms in total. The molecule has 1 aromatic carbocycles. The Hall–Kier alpha value is -1.30. The van der Waals surface area contributed by atoms with Crippen LogP contribution in [0.4, 0.5) is 5.69 Å². The number of benzene rings is 1. The monoisotopic (exact) mass is 299 g/mol. The summed E-state index contributed by atoms with van der Waals surface area (Å²) in [5.41, 5.74) is 0.613. The van der Waals surface area contributed by atoms with E-state index < -0.39 is 0 Å². The van der Waals surface area contributed by atoms with Crippen molar-refractivity contribution in [3.8, 4) is 5.75 Å². The third-order valence-corrected chi connectivity index (χ3v) is 3.58. The van der Waals surface area contributed by atoms with Crippen LogP contribution < -0.4 is 15.0 Å². The maximum atomic E-state index is 12.0. The van der Waals surface area contributed by atoms with Gasteiger partial charge >= 0.3 is 0 Å². The number of nitrogens with one attached hydrogen (secondary N) is 2. The van der Waals surface area contributed by atoms with Gasteiger partial charge in [-0.15, -0.1) is 0 Å². The number of hydrogen-bond acceptors (Lipinski definition) is 3. The Balaban J connectivity index is 1.86. The summed E-state index contributed by atoms with van der Waals surface area (Å²) in [6.07, 6.45) is 0.477. The highest BCUT2D eigenvalue weighted by molar-refractivity contribution is 6.31. The SMILES string of the molecule is COc1ccc(Cl)cc1NC(=O)CC[NH+]1CCOCC1. The summed E-state index contributed by atoms with van der Waals surface area (Å²) in [4.78, 5) is 13.4. The van der Waals surface area contributed by atoms with Crippen LogP contribution in [0.3, 0.4) is 0 Å². The Kier molecular flexibility index (Phi) is 5.64. The second-order valence-electron chi connectivity index (χ2n) is 4.76. The van der Waals surface area contributed by atoms with Crippen LogP contribution in [0, 0.1) is 0 Å². The first-order chi connectivity index (χ1) is 9.69. The number of halogens is 1. The van der Waals surface area contributed by atoms with Crippen LogP contribution >= 0.6 is 11.6 Å². The molecule has 1 fully saturated rings. The zero-order chi connectivity index (χ0) is 14.4. The maximum Gasteiger partial charge on any atom is 0.230 e. The number of anilines is 1. The fraction of sp³-hybridized carbons (Fsp3) is 0.500. The van der Waals surface area contributed by atoms with Crippen molar-refractivity contribution in [2.75, 3.05) is 45.3 Å². The van der Waals surface area contributed by atoms with E-state index in [1.807, 2.05) is 0 Å². The van der Waals surface area contributed by atoms with E-state index in [0.717, 1.165) is 32.8 Å². The van der Waals surface area contributed by atoms with Gasteiger partial charge in [-0.2, -0.15) is 0 Å². The van der Waals surface area contributed by atoms with Gasteiger partial charge in [0.05, 0.1) is 39.0 Å². The standard InChI is InChI=1S/C14H19ClN2O3/c1-19-13-3-2-11(15)10-12(13)16-14(18)4-5-17-6-8-20-9-7-17/h2-3,10H,4-9H2,1H3,(H,16,18)/p+1. The second kappa shape index (κ2) is 7.47. The van der Waals surface area contributed by atoms with Gasteiger partial charge in [0, 0.05) is 5.02 Å². The molecule has 1 aliphatic rings.